The molecule has 0 spiro atoms. The molecule has 0 bridgehead atoms. The lowest BCUT2D eigenvalue weighted by Crippen LogP contribution is -2.29. The van der Waals surface area contributed by atoms with Crippen LogP contribution in [0, 0.1) is 0 Å². The molecule has 82 valence electrons. The Kier molecular flexibility index (Phi) is 3.49. The Morgan fingerprint density at radius 3 is 3.00 bits per heavy atom. The molecule has 1 aromatic heterocycles. The van der Waals surface area contributed by atoms with E-state index >= 15 is 0 Å². The summed E-state index contributed by atoms with van der Waals surface area (Å²) in [6.45, 7) is 7.69. The monoisotopic (exact) mass is 223 g/mol. The van der Waals surface area contributed by atoms with Crippen molar-refractivity contribution in [2.75, 3.05) is 19.6 Å². The summed E-state index contributed by atoms with van der Waals surface area (Å²) in [6.07, 6.45) is 4.45. The lowest BCUT2D eigenvalue weighted by molar-refractivity contribution is 0.321. The highest BCUT2D eigenvalue weighted by molar-refractivity contribution is 6.99. The van der Waals surface area contributed by atoms with Gasteiger partial charge in [-0.15, -0.1) is 0 Å². The number of hydrogen-bond acceptors (Lipinski definition) is 4. The van der Waals surface area contributed by atoms with Gasteiger partial charge in [-0.3, -0.25) is 4.90 Å². The molecule has 0 aromatic carbocycles. The molecule has 0 saturated carbocycles. The number of likely N-dealkylation sites (N-methyl/N-ethyl adjacent to an activating group) is 1. The Balaban J connectivity index is 2.20. The van der Waals surface area contributed by atoms with Crippen molar-refractivity contribution in [2.45, 2.75) is 26.7 Å². The molecule has 0 unspecified atom stereocenters. The minimum absolute atomic E-state index is 0.981. The second-order valence-corrected chi connectivity index (χ2v) is 4.33. The van der Waals surface area contributed by atoms with Crippen molar-refractivity contribution in [3.05, 3.63) is 17.5 Å². The van der Waals surface area contributed by atoms with Gasteiger partial charge in [0, 0.05) is 13.1 Å². The van der Waals surface area contributed by atoms with Crippen molar-refractivity contribution in [1.82, 2.24) is 13.6 Å². The highest BCUT2D eigenvalue weighted by Crippen LogP contribution is 2.22. The fraction of sp³-hybridized carbons (Fsp3) is 0.636. The van der Waals surface area contributed by atoms with Crippen molar-refractivity contribution in [3.8, 4) is 0 Å². The second-order valence-electron chi connectivity index (χ2n) is 3.80. The third-order valence-electron chi connectivity index (χ3n) is 2.87. The van der Waals surface area contributed by atoms with Gasteiger partial charge < -0.3 is 0 Å². The molecule has 1 aliphatic heterocycles. The minimum atomic E-state index is 0.981. The Labute approximate surface area is 95.1 Å². The maximum atomic E-state index is 4.42. The molecule has 0 amide bonds. The first-order valence-electron chi connectivity index (χ1n) is 5.58. The van der Waals surface area contributed by atoms with E-state index in [1.165, 1.54) is 23.8 Å². The highest BCUT2D eigenvalue weighted by Gasteiger charge is 2.17. The first kappa shape index (κ1) is 10.8. The van der Waals surface area contributed by atoms with Crippen molar-refractivity contribution >= 4 is 17.3 Å². The zero-order valence-electron chi connectivity index (χ0n) is 9.36. The predicted molar refractivity (Wildman–Crippen MR) is 64.0 cm³/mol. The smallest absolute Gasteiger partial charge is 0.104 e. The lowest BCUT2D eigenvalue weighted by atomic mass is 10.0. The quantitative estimate of drug-likeness (QED) is 0.786. The number of rotatable bonds is 3. The molecule has 15 heavy (non-hydrogen) atoms. The van der Waals surface area contributed by atoms with Gasteiger partial charge >= 0.3 is 0 Å². The van der Waals surface area contributed by atoms with Crippen LogP contribution < -0.4 is 0 Å². The molecule has 0 fully saturated rings. The van der Waals surface area contributed by atoms with Crippen LogP contribution in [0.15, 0.2) is 6.08 Å². The van der Waals surface area contributed by atoms with Crippen molar-refractivity contribution in [3.63, 3.8) is 0 Å². The van der Waals surface area contributed by atoms with Gasteiger partial charge in [0.05, 0.1) is 17.4 Å². The molecule has 2 heterocycles. The third-order valence-corrected chi connectivity index (χ3v) is 3.44. The summed E-state index contributed by atoms with van der Waals surface area (Å²) < 4.78 is 8.75. The maximum Gasteiger partial charge on any atom is 0.104 e. The van der Waals surface area contributed by atoms with Gasteiger partial charge in [-0.2, -0.15) is 8.75 Å². The Bertz CT molecular complexity index is 356. The summed E-state index contributed by atoms with van der Waals surface area (Å²) >= 11 is 1.33. The zero-order valence-corrected chi connectivity index (χ0v) is 10.2. The highest BCUT2D eigenvalue weighted by atomic mass is 32.1. The van der Waals surface area contributed by atoms with Crippen LogP contribution in [0.25, 0.3) is 5.57 Å². The van der Waals surface area contributed by atoms with Gasteiger partial charge in [-0.1, -0.05) is 19.9 Å². The largest absolute Gasteiger partial charge is 0.299 e. The Hall–Kier alpha value is -0.740. The first-order chi connectivity index (χ1) is 7.35. The number of nitrogens with zero attached hydrogens (tertiary/aromatic N) is 3. The van der Waals surface area contributed by atoms with E-state index in [1.807, 2.05) is 0 Å². The van der Waals surface area contributed by atoms with E-state index < -0.39 is 0 Å². The Morgan fingerprint density at radius 1 is 1.40 bits per heavy atom. The van der Waals surface area contributed by atoms with E-state index in [0.717, 1.165) is 37.3 Å². The van der Waals surface area contributed by atoms with Crippen LogP contribution in [-0.4, -0.2) is 33.3 Å². The lowest BCUT2D eigenvalue weighted by Gasteiger charge is -2.25. The summed E-state index contributed by atoms with van der Waals surface area (Å²) in [6, 6.07) is 0. The van der Waals surface area contributed by atoms with E-state index in [-0.39, 0.29) is 0 Å². The summed E-state index contributed by atoms with van der Waals surface area (Å²) in [5.74, 6) is 0. The Morgan fingerprint density at radius 2 is 2.27 bits per heavy atom. The molecule has 3 nitrogen and oxygen atoms in total. The van der Waals surface area contributed by atoms with Crippen LogP contribution in [0.4, 0.5) is 0 Å². The van der Waals surface area contributed by atoms with Gasteiger partial charge in [0.25, 0.3) is 0 Å². The van der Waals surface area contributed by atoms with Crippen LogP contribution in [0.3, 0.4) is 0 Å². The SMILES string of the molecule is CCc1nsnc1C1=CCCN(CC)C1. The molecule has 0 saturated heterocycles. The standard InChI is InChI=1S/C11H17N3S/c1-3-10-11(13-15-12-10)9-6-5-7-14(4-2)8-9/h6H,3-5,7-8H2,1-2H3. The topological polar surface area (TPSA) is 29.0 Å². The molecule has 0 radical (unpaired) electrons. The molecule has 0 aliphatic carbocycles. The maximum absolute atomic E-state index is 4.42. The zero-order chi connectivity index (χ0) is 10.7. The minimum Gasteiger partial charge on any atom is -0.299 e. The molecule has 1 aliphatic rings. The average molecular weight is 223 g/mol. The van der Waals surface area contributed by atoms with Crippen molar-refractivity contribution < 1.29 is 0 Å². The van der Waals surface area contributed by atoms with E-state index in [2.05, 4.69) is 33.6 Å². The fourth-order valence-corrected chi connectivity index (χ4v) is 2.59. The van der Waals surface area contributed by atoms with Crippen molar-refractivity contribution in [2.24, 2.45) is 0 Å². The third kappa shape index (κ3) is 2.26. The van der Waals surface area contributed by atoms with E-state index in [1.54, 1.807) is 0 Å². The van der Waals surface area contributed by atoms with Gasteiger partial charge in [0.2, 0.25) is 0 Å². The van der Waals surface area contributed by atoms with Gasteiger partial charge in [-0.25, -0.2) is 0 Å². The van der Waals surface area contributed by atoms with Crippen LogP contribution in [0.1, 0.15) is 31.7 Å². The molecular weight excluding hydrogens is 206 g/mol. The van der Waals surface area contributed by atoms with E-state index in [9.17, 15) is 0 Å². The van der Waals surface area contributed by atoms with E-state index in [4.69, 9.17) is 0 Å². The fourth-order valence-electron chi connectivity index (χ4n) is 1.93. The second kappa shape index (κ2) is 4.86. The van der Waals surface area contributed by atoms with Crippen molar-refractivity contribution in [1.29, 1.82) is 0 Å². The molecule has 4 heteroatoms. The molecule has 0 N–H and O–H groups in total. The average Bonchev–Trinajstić information content (AvgIpc) is 2.77. The van der Waals surface area contributed by atoms with Crippen LogP contribution in [0.5, 0.6) is 0 Å². The van der Waals surface area contributed by atoms with Gasteiger partial charge in [-0.05, 0) is 25.0 Å². The van der Waals surface area contributed by atoms with Gasteiger partial charge in [0.15, 0.2) is 0 Å². The molecular formula is C11H17N3S. The normalized spacial score (nSPS) is 17.9. The molecule has 1 aromatic rings. The van der Waals surface area contributed by atoms with E-state index in [0.29, 0.717) is 0 Å². The summed E-state index contributed by atoms with van der Waals surface area (Å²) in [5.41, 5.74) is 3.67. The summed E-state index contributed by atoms with van der Waals surface area (Å²) in [4.78, 5) is 2.45. The summed E-state index contributed by atoms with van der Waals surface area (Å²) in [5, 5.41) is 0. The number of hydrogen-bond donors (Lipinski definition) is 0. The van der Waals surface area contributed by atoms with Crippen LogP contribution in [0.2, 0.25) is 0 Å². The van der Waals surface area contributed by atoms with Gasteiger partial charge in [0.1, 0.15) is 5.69 Å². The first-order valence-corrected chi connectivity index (χ1v) is 6.31. The number of aryl methyl sites for hydroxylation is 1. The molecule has 0 atom stereocenters. The molecule has 2 rings (SSSR count). The summed E-state index contributed by atoms with van der Waals surface area (Å²) in [7, 11) is 0. The van der Waals surface area contributed by atoms with Crippen LogP contribution >= 0.6 is 11.7 Å². The number of aromatic nitrogens is 2. The predicted octanol–water partition coefficient (Wildman–Crippen LogP) is 2.21. The van der Waals surface area contributed by atoms with Crippen LogP contribution in [-0.2, 0) is 6.42 Å².